The smallest absolute Gasteiger partial charge is 0.263 e. The number of hydrogen-bond donors (Lipinski definition) is 2. The largest absolute Gasteiger partial charge is 0.360 e. The van der Waals surface area contributed by atoms with E-state index in [1.54, 1.807) is 24.4 Å². The molecular formula is C19H14F2N4O3S2. The van der Waals surface area contributed by atoms with Crippen LogP contribution in [-0.4, -0.2) is 18.6 Å². The quantitative estimate of drug-likeness (QED) is 0.434. The van der Waals surface area contributed by atoms with Gasteiger partial charge in [0.1, 0.15) is 17.4 Å². The first-order valence-corrected chi connectivity index (χ1v) is 10.9. The van der Waals surface area contributed by atoms with Crippen LogP contribution >= 0.6 is 11.3 Å². The van der Waals surface area contributed by atoms with Crippen LogP contribution in [0.15, 0.2) is 63.3 Å². The van der Waals surface area contributed by atoms with Gasteiger partial charge in [0, 0.05) is 28.8 Å². The zero-order valence-electron chi connectivity index (χ0n) is 15.4. The maximum atomic E-state index is 13.9. The van der Waals surface area contributed by atoms with Gasteiger partial charge in [-0.15, -0.1) is 11.3 Å². The molecule has 0 bridgehead atoms. The summed E-state index contributed by atoms with van der Waals surface area (Å²) in [6.45, 7) is 1.65. The van der Waals surface area contributed by atoms with Crippen molar-refractivity contribution in [2.24, 2.45) is 0 Å². The van der Waals surface area contributed by atoms with Crippen LogP contribution in [-0.2, 0) is 10.0 Å². The fraction of sp³-hybridized carbons (Fsp3) is 0.0526. The van der Waals surface area contributed by atoms with Gasteiger partial charge >= 0.3 is 0 Å². The summed E-state index contributed by atoms with van der Waals surface area (Å²) in [5.74, 6) is -0.780. The van der Waals surface area contributed by atoms with E-state index in [0.29, 0.717) is 22.3 Å². The molecule has 11 heteroatoms. The maximum absolute atomic E-state index is 13.9. The molecule has 0 aliphatic rings. The zero-order valence-corrected chi connectivity index (χ0v) is 17.0. The highest BCUT2D eigenvalue weighted by Crippen LogP contribution is 2.29. The summed E-state index contributed by atoms with van der Waals surface area (Å²) in [5.41, 5.74) is 1.15. The van der Waals surface area contributed by atoms with Crippen LogP contribution in [0.3, 0.4) is 0 Å². The molecule has 154 valence electrons. The third-order valence-corrected chi connectivity index (χ3v) is 6.12. The van der Waals surface area contributed by atoms with Crippen molar-refractivity contribution in [2.75, 3.05) is 10.0 Å². The third-order valence-electron chi connectivity index (χ3n) is 3.99. The Bertz CT molecular complexity index is 1300. The molecule has 0 saturated carbocycles. The topological polar surface area (TPSA) is 97.1 Å². The number of hydrogen-bond acceptors (Lipinski definition) is 7. The lowest BCUT2D eigenvalue weighted by molar-refractivity contribution is 0.400. The van der Waals surface area contributed by atoms with Crippen molar-refractivity contribution >= 4 is 38.0 Å². The first kappa shape index (κ1) is 20.0. The number of halogens is 2. The van der Waals surface area contributed by atoms with Gasteiger partial charge < -0.3 is 9.84 Å². The maximum Gasteiger partial charge on any atom is 0.263 e. The van der Waals surface area contributed by atoms with E-state index in [9.17, 15) is 17.2 Å². The number of nitrogens with zero attached hydrogens (tertiary/aromatic N) is 2. The second-order valence-corrected chi connectivity index (χ2v) is 8.78. The minimum atomic E-state index is -3.82. The fourth-order valence-electron chi connectivity index (χ4n) is 2.60. The predicted molar refractivity (Wildman–Crippen MR) is 109 cm³/mol. The standard InChI is InChI=1S/C19H14F2N4O3S2/c1-11-8-18(24-28-11)25-30(26,27)14-5-3-13(4-6-14)22-19-23-17(10-29-19)15-7-2-12(20)9-16(15)21/h2-10H,1H3,(H,22,23)(H,24,25). The van der Waals surface area contributed by atoms with Crippen molar-refractivity contribution in [3.05, 3.63) is 71.3 Å². The van der Waals surface area contributed by atoms with Crippen molar-refractivity contribution in [1.82, 2.24) is 10.1 Å². The lowest BCUT2D eigenvalue weighted by Crippen LogP contribution is -2.13. The van der Waals surface area contributed by atoms with Crippen molar-refractivity contribution in [1.29, 1.82) is 0 Å². The highest BCUT2D eigenvalue weighted by Gasteiger charge is 2.16. The van der Waals surface area contributed by atoms with E-state index in [2.05, 4.69) is 20.2 Å². The Kier molecular flexibility index (Phi) is 5.22. The van der Waals surface area contributed by atoms with Gasteiger partial charge in [-0.3, -0.25) is 4.72 Å². The number of aryl methyl sites for hydroxylation is 1. The van der Waals surface area contributed by atoms with Crippen LogP contribution in [0.4, 0.5) is 25.4 Å². The lowest BCUT2D eigenvalue weighted by atomic mass is 10.1. The highest BCUT2D eigenvalue weighted by molar-refractivity contribution is 7.92. The molecule has 2 heterocycles. The van der Waals surface area contributed by atoms with Gasteiger partial charge in [-0.25, -0.2) is 22.2 Å². The molecule has 2 N–H and O–H groups in total. The van der Waals surface area contributed by atoms with Gasteiger partial charge in [-0.2, -0.15) is 0 Å². The van der Waals surface area contributed by atoms with E-state index in [1.165, 1.54) is 41.7 Å². The Balaban J connectivity index is 1.48. The number of thiazole rings is 1. The van der Waals surface area contributed by atoms with Crippen LogP contribution in [0.2, 0.25) is 0 Å². The molecule has 0 unspecified atom stereocenters. The number of sulfonamides is 1. The molecule has 0 amide bonds. The Hall–Kier alpha value is -3.31. The molecule has 2 aromatic carbocycles. The summed E-state index contributed by atoms with van der Waals surface area (Å²) in [6.07, 6.45) is 0. The summed E-state index contributed by atoms with van der Waals surface area (Å²) in [4.78, 5) is 4.33. The minimum absolute atomic E-state index is 0.0434. The van der Waals surface area contributed by atoms with Crippen LogP contribution < -0.4 is 10.0 Å². The van der Waals surface area contributed by atoms with E-state index < -0.39 is 21.7 Å². The van der Waals surface area contributed by atoms with Crippen molar-refractivity contribution in [3.8, 4) is 11.3 Å². The Labute approximate surface area is 174 Å². The van der Waals surface area contributed by atoms with Crippen LogP contribution in [0.25, 0.3) is 11.3 Å². The predicted octanol–water partition coefficient (Wildman–Crippen LogP) is 4.93. The Morgan fingerprint density at radius 2 is 1.83 bits per heavy atom. The average molecular weight is 448 g/mol. The number of rotatable bonds is 6. The van der Waals surface area contributed by atoms with Gasteiger partial charge in [-0.05, 0) is 43.3 Å². The van der Waals surface area contributed by atoms with E-state index in [-0.39, 0.29) is 16.3 Å². The molecule has 0 saturated heterocycles. The molecular weight excluding hydrogens is 434 g/mol. The SMILES string of the molecule is Cc1cc(NS(=O)(=O)c2ccc(Nc3nc(-c4ccc(F)cc4F)cs3)cc2)no1. The fourth-order valence-corrected chi connectivity index (χ4v) is 4.32. The van der Waals surface area contributed by atoms with Gasteiger partial charge in [0.2, 0.25) is 0 Å². The van der Waals surface area contributed by atoms with Crippen LogP contribution in [0, 0.1) is 18.6 Å². The number of aromatic nitrogens is 2. The molecule has 4 rings (SSSR count). The van der Waals surface area contributed by atoms with E-state index in [4.69, 9.17) is 4.52 Å². The van der Waals surface area contributed by atoms with Gasteiger partial charge in [0.25, 0.3) is 10.0 Å². The lowest BCUT2D eigenvalue weighted by Gasteiger charge is -2.07. The summed E-state index contributed by atoms with van der Waals surface area (Å²) in [5, 5.41) is 8.74. The summed E-state index contributed by atoms with van der Waals surface area (Å²) in [6, 6.07) is 10.7. The molecule has 2 aromatic heterocycles. The van der Waals surface area contributed by atoms with Crippen molar-refractivity contribution in [3.63, 3.8) is 0 Å². The van der Waals surface area contributed by atoms with Gasteiger partial charge in [-0.1, -0.05) is 5.16 Å². The second-order valence-electron chi connectivity index (χ2n) is 6.24. The number of anilines is 3. The molecule has 0 aliphatic carbocycles. The molecule has 4 aromatic rings. The van der Waals surface area contributed by atoms with Gasteiger partial charge in [0.05, 0.1) is 10.6 Å². The van der Waals surface area contributed by atoms with E-state index in [0.717, 1.165) is 6.07 Å². The average Bonchev–Trinajstić information content (AvgIpc) is 3.31. The normalized spacial score (nSPS) is 11.4. The monoisotopic (exact) mass is 448 g/mol. The molecule has 7 nitrogen and oxygen atoms in total. The Morgan fingerprint density at radius 1 is 1.07 bits per heavy atom. The zero-order chi connectivity index (χ0) is 21.3. The Morgan fingerprint density at radius 3 is 2.50 bits per heavy atom. The number of nitrogens with one attached hydrogen (secondary N) is 2. The molecule has 0 atom stereocenters. The molecule has 0 fully saturated rings. The molecule has 0 spiro atoms. The summed E-state index contributed by atoms with van der Waals surface area (Å²) >= 11 is 1.23. The van der Waals surface area contributed by atoms with E-state index in [1.807, 2.05) is 0 Å². The first-order chi connectivity index (χ1) is 14.3. The van der Waals surface area contributed by atoms with Crippen molar-refractivity contribution < 1.29 is 21.7 Å². The molecule has 0 aliphatic heterocycles. The summed E-state index contributed by atoms with van der Waals surface area (Å²) in [7, 11) is -3.82. The van der Waals surface area contributed by atoms with Crippen LogP contribution in [0.5, 0.6) is 0 Å². The first-order valence-electron chi connectivity index (χ1n) is 8.54. The minimum Gasteiger partial charge on any atom is -0.360 e. The van der Waals surface area contributed by atoms with Crippen molar-refractivity contribution in [2.45, 2.75) is 11.8 Å². The second kappa shape index (κ2) is 7.84. The van der Waals surface area contributed by atoms with E-state index >= 15 is 0 Å². The van der Waals surface area contributed by atoms with Gasteiger partial charge in [0.15, 0.2) is 10.9 Å². The molecule has 0 radical (unpaired) electrons. The third kappa shape index (κ3) is 4.31. The highest BCUT2D eigenvalue weighted by atomic mass is 32.2. The molecule has 30 heavy (non-hydrogen) atoms. The summed E-state index contributed by atoms with van der Waals surface area (Å²) < 4.78 is 59.0. The van der Waals surface area contributed by atoms with Crippen LogP contribution in [0.1, 0.15) is 5.76 Å². The number of benzene rings is 2.